The molecule has 15 heavy (non-hydrogen) atoms. The van der Waals surface area contributed by atoms with Crippen LogP contribution >= 0.6 is 34.8 Å². The first-order chi connectivity index (χ1) is 7.02. The third-order valence-corrected chi connectivity index (χ3v) is 2.17. The molecule has 0 saturated carbocycles. The second kappa shape index (κ2) is 5.34. The highest BCUT2D eigenvalue weighted by molar-refractivity contribution is 6.31. The van der Waals surface area contributed by atoms with E-state index in [4.69, 9.17) is 34.8 Å². The number of hydrogen-bond acceptors (Lipinski definition) is 5. The summed E-state index contributed by atoms with van der Waals surface area (Å²) >= 11 is 16.5. The maximum absolute atomic E-state index is 10.1. The van der Waals surface area contributed by atoms with Gasteiger partial charge in [0.2, 0.25) is 10.6 Å². The van der Waals surface area contributed by atoms with E-state index in [2.05, 4.69) is 14.9 Å². The summed E-state index contributed by atoms with van der Waals surface area (Å²) in [5.74, 6) is -0.0746. The van der Waals surface area contributed by atoms with E-state index in [-0.39, 0.29) is 23.0 Å². The van der Waals surface area contributed by atoms with Crippen molar-refractivity contribution >= 4 is 34.8 Å². The monoisotopic (exact) mass is 274 g/mol. The van der Waals surface area contributed by atoms with Gasteiger partial charge in [-0.1, -0.05) is 0 Å². The second-order valence-electron chi connectivity index (χ2n) is 2.44. The molecule has 0 aliphatic rings. The van der Waals surface area contributed by atoms with Gasteiger partial charge in [0.1, 0.15) is 6.10 Å². The largest absolute Gasteiger partial charge is 0.307 e. The summed E-state index contributed by atoms with van der Waals surface area (Å²) < 4.78 is 1.17. The van der Waals surface area contributed by atoms with Gasteiger partial charge in [0.05, 0.1) is 12.4 Å². The normalized spacial score (nSPS) is 12.5. The molecular weight excluding hydrogens is 270 g/mol. The van der Waals surface area contributed by atoms with E-state index in [1.807, 2.05) is 0 Å². The van der Waals surface area contributed by atoms with E-state index in [0.717, 1.165) is 0 Å². The topological polar surface area (TPSA) is 83.1 Å². The summed E-state index contributed by atoms with van der Waals surface area (Å²) in [7, 11) is 0. The molecule has 0 amide bonds. The van der Waals surface area contributed by atoms with Crippen molar-refractivity contribution in [3.05, 3.63) is 20.7 Å². The van der Waals surface area contributed by atoms with Gasteiger partial charge in [-0.25, -0.2) is 4.68 Å². The highest BCUT2D eigenvalue weighted by Crippen LogP contribution is 2.11. The summed E-state index contributed by atoms with van der Waals surface area (Å²) in [6.45, 7) is 0.00301. The Labute approximate surface area is 99.0 Å². The summed E-state index contributed by atoms with van der Waals surface area (Å²) in [5.41, 5.74) is 0. The van der Waals surface area contributed by atoms with Gasteiger partial charge < -0.3 is 4.84 Å². The molecular formula is C5H5Cl3N4O3. The maximum atomic E-state index is 10.1. The minimum Gasteiger partial charge on any atom is -0.307 e. The van der Waals surface area contributed by atoms with Crippen LogP contribution in [0, 0.1) is 10.1 Å². The average molecular weight is 275 g/mol. The molecule has 1 atom stereocenters. The molecule has 1 rings (SSSR count). The molecule has 0 saturated heterocycles. The van der Waals surface area contributed by atoms with Crippen LogP contribution in [0.4, 0.5) is 0 Å². The van der Waals surface area contributed by atoms with Crippen LogP contribution in [0.2, 0.25) is 10.6 Å². The zero-order chi connectivity index (χ0) is 11.4. The van der Waals surface area contributed by atoms with Gasteiger partial charge in [-0.3, -0.25) is 0 Å². The standard InChI is InChI=1S/C5H5Cl3N4O3/c6-1-3(15-12(13)14)2-11-5(8)9-4(7)10-11/h3H,1-2H2. The SMILES string of the molecule is O=[N+]([O-])OC(CCl)Cn1nc(Cl)nc1Cl. The lowest BCUT2D eigenvalue weighted by molar-refractivity contribution is -0.767. The summed E-state index contributed by atoms with van der Waals surface area (Å²) in [5, 5.41) is 12.8. The molecule has 0 aliphatic carbocycles. The Bertz CT molecular complexity index is 357. The number of halogens is 3. The van der Waals surface area contributed by atoms with Gasteiger partial charge >= 0.3 is 0 Å². The van der Waals surface area contributed by atoms with Gasteiger partial charge in [-0.05, 0) is 23.2 Å². The number of alkyl halides is 1. The van der Waals surface area contributed by atoms with Crippen molar-refractivity contribution in [2.24, 2.45) is 0 Å². The van der Waals surface area contributed by atoms with Crippen LogP contribution < -0.4 is 0 Å². The quantitative estimate of drug-likeness (QED) is 0.461. The summed E-state index contributed by atoms with van der Waals surface area (Å²) in [4.78, 5) is 17.9. The fraction of sp³-hybridized carbons (Fsp3) is 0.600. The lowest BCUT2D eigenvalue weighted by Crippen LogP contribution is -2.25. The molecule has 7 nitrogen and oxygen atoms in total. The molecule has 0 N–H and O–H groups in total. The van der Waals surface area contributed by atoms with Gasteiger partial charge in [0, 0.05) is 0 Å². The maximum Gasteiger partial charge on any atom is 0.294 e. The molecule has 0 fully saturated rings. The molecule has 1 unspecified atom stereocenters. The van der Waals surface area contributed by atoms with Gasteiger partial charge in [-0.2, -0.15) is 4.98 Å². The van der Waals surface area contributed by atoms with E-state index < -0.39 is 11.2 Å². The average Bonchev–Trinajstić information content (AvgIpc) is 2.43. The first-order valence-electron chi connectivity index (χ1n) is 3.66. The van der Waals surface area contributed by atoms with E-state index in [0.29, 0.717) is 0 Å². The number of rotatable bonds is 5. The van der Waals surface area contributed by atoms with Crippen LogP contribution in [-0.2, 0) is 11.4 Å². The first kappa shape index (κ1) is 12.3. The fourth-order valence-corrected chi connectivity index (χ4v) is 1.39. The number of aromatic nitrogens is 3. The van der Waals surface area contributed by atoms with Crippen LogP contribution in [0.25, 0.3) is 0 Å². The van der Waals surface area contributed by atoms with Crippen molar-refractivity contribution in [3.63, 3.8) is 0 Å². The Morgan fingerprint density at radius 3 is 2.67 bits per heavy atom. The van der Waals surface area contributed by atoms with Crippen LogP contribution in [0.15, 0.2) is 0 Å². The molecule has 1 aromatic heterocycles. The van der Waals surface area contributed by atoms with Crippen molar-refractivity contribution in [2.75, 3.05) is 5.88 Å². The predicted octanol–water partition coefficient (Wildman–Crippen LogP) is 1.40. The van der Waals surface area contributed by atoms with Gasteiger partial charge in [0.25, 0.3) is 5.09 Å². The molecule has 0 radical (unpaired) electrons. The molecule has 0 bridgehead atoms. The second-order valence-corrected chi connectivity index (χ2v) is 3.42. The molecule has 0 aromatic carbocycles. The lowest BCUT2D eigenvalue weighted by atomic mass is 10.4. The highest BCUT2D eigenvalue weighted by atomic mass is 35.5. The Morgan fingerprint density at radius 2 is 2.27 bits per heavy atom. The molecule has 10 heteroatoms. The van der Waals surface area contributed by atoms with Gasteiger partial charge in [0.15, 0.2) is 0 Å². The zero-order valence-corrected chi connectivity index (χ0v) is 9.41. The van der Waals surface area contributed by atoms with Crippen molar-refractivity contribution in [1.82, 2.24) is 14.8 Å². The smallest absolute Gasteiger partial charge is 0.294 e. The van der Waals surface area contributed by atoms with E-state index in [1.54, 1.807) is 0 Å². The molecule has 1 aromatic rings. The summed E-state index contributed by atoms with van der Waals surface area (Å²) in [6, 6.07) is 0. The Hall–Kier alpha value is -0.790. The third kappa shape index (κ3) is 3.69. The van der Waals surface area contributed by atoms with Crippen molar-refractivity contribution in [3.8, 4) is 0 Å². The highest BCUT2D eigenvalue weighted by Gasteiger charge is 2.16. The molecule has 0 spiro atoms. The predicted molar refractivity (Wildman–Crippen MR) is 52.6 cm³/mol. The summed E-state index contributed by atoms with van der Waals surface area (Å²) in [6.07, 6.45) is -0.850. The van der Waals surface area contributed by atoms with E-state index in [9.17, 15) is 10.1 Å². The molecule has 0 aliphatic heterocycles. The zero-order valence-electron chi connectivity index (χ0n) is 7.14. The van der Waals surface area contributed by atoms with Crippen molar-refractivity contribution < 1.29 is 9.92 Å². The van der Waals surface area contributed by atoms with E-state index in [1.165, 1.54) is 4.68 Å². The van der Waals surface area contributed by atoms with Crippen molar-refractivity contribution in [2.45, 2.75) is 12.6 Å². The Kier molecular flexibility index (Phi) is 4.37. The Morgan fingerprint density at radius 1 is 1.60 bits per heavy atom. The minimum atomic E-state index is -0.931. The fourth-order valence-electron chi connectivity index (χ4n) is 0.838. The Balaban J connectivity index is 2.66. The van der Waals surface area contributed by atoms with Crippen LogP contribution in [0.1, 0.15) is 0 Å². The molecule has 84 valence electrons. The van der Waals surface area contributed by atoms with E-state index >= 15 is 0 Å². The van der Waals surface area contributed by atoms with Crippen LogP contribution in [0.5, 0.6) is 0 Å². The van der Waals surface area contributed by atoms with Crippen LogP contribution in [-0.4, -0.2) is 31.8 Å². The van der Waals surface area contributed by atoms with Crippen molar-refractivity contribution in [1.29, 1.82) is 0 Å². The third-order valence-electron chi connectivity index (χ3n) is 1.38. The lowest BCUT2D eigenvalue weighted by Gasteiger charge is -2.11. The minimum absolute atomic E-state index is 0.00301. The number of hydrogen-bond donors (Lipinski definition) is 0. The van der Waals surface area contributed by atoms with Gasteiger partial charge in [-0.15, -0.1) is 26.8 Å². The van der Waals surface area contributed by atoms with Crippen LogP contribution in [0.3, 0.4) is 0 Å². The number of nitrogens with zero attached hydrogens (tertiary/aromatic N) is 4. The molecule has 1 heterocycles. The first-order valence-corrected chi connectivity index (χ1v) is 4.95.